The Morgan fingerprint density at radius 3 is 2.53 bits per heavy atom. The van der Waals surface area contributed by atoms with Crippen molar-refractivity contribution in [3.63, 3.8) is 0 Å². The summed E-state index contributed by atoms with van der Waals surface area (Å²) in [5.74, 6) is 0.729. The van der Waals surface area contributed by atoms with E-state index in [9.17, 15) is 4.79 Å². The third-order valence-electron chi connectivity index (χ3n) is 3.57. The summed E-state index contributed by atoms with van der Waals surface area (Å²) in [6.45, 7) is 3.38. The zero-order chi connectivity index (χ0) is 12.5. The second kappa shape index (κ2) is 4.53. The summed E-state index contributed by atoms with van der Waals surface area (Å²) < 4.78 is 5.63. The van der Waals surface area contributed by atoms with Gasteiger partial charge in [0.2, 0.25) is 0 Å². The smallest absolute Gasteiger partial charge is 0.163 e. The molecule has 1 aromatic heterocycles. The summed E-state index contributed by atoms with van der Waals surface area (Å²) in [6.07, 6.45) is 5.83. The van der Waals surface area contributed by atoms with Gasteiger partial charge in [-0.05, 0) is 39.5 Å². The molecule has 0 bridgehead atoms. The van der Waals surface area contributed by atoms with E-state index < -0.39 is 0 Å². The highest BCUT2D eigenvalue weighted by Gasteiger charge is 2.38. The first-order valence-electron chi connectivity index (χ1n) is 5.99. The van der Waals surface area contributed by atoms with Gasteiger partial charge >= 0.3 is 0 Å². The Morgan fingerprint density at radius 1 is 1.41 bits per heavy atom. The summed E-state index contributed by atoms with van der Waals surface area (Å²) in [7, 11) is 1.71. The Hall–Kier alpha value is -1.29. The summed E-state index contributed by atoms with van der Waals surface area (Å²) in [5.41, 5.74) is 1.00. The van der Waals surface area contributed by atoms with Crippen LogP contribution in [0.15, 0.2) is 6.20 Å². The first-order valence-corrected chi connectivity index (χ1v) is 5.99. The van der Waals surface area contributed by atoms with Crippen LogP contribution in [0.2, 0.25) is 0 Å². The maximum atomic E-state index is 11.3. The highest BCUT2D eigenvalue weighted by atomic mass is 16.5. The molecule has 1 fully saturated rings. The Morgan fingerprint density at radius 2 is 2.06 bits per heavy atom. The second-order valence-electron chi connectivity index (χ2n) is 4.65. The molecule has 1 heterocycles. The lowest BCUT2D eigenvalue weighted by atomic mass is 10.0. The minimum Gasteiger partial charge on any atom is -0.370 e. The molecular weight excluding hydrogens is 216 g/mol. The molecule has 1 saturated carbocycles. The summed E-state index contributed by atoms with van der Waals surface area (Å²) in [5, 5.41) is 0. The fourth-order valence-electron chi connectivity index (χ4n) is 2.50. The number of aromatic nitrogens is 2. The molecule has 0 unspecified atom stereocenters. The van der Waals surface area contributed by atoms with Crippen LogP contribution in [0.3, 0.4) is 0 Å². The number of rotatable bonds is 3. The van der Waals surface area contributed by atoms with Crippen LogP contribution in [-0.2, 0) is 10.3 Å². The quantitative estimate of drug-likeness (QED) is 0.753. The van der Waals surface area contributed by atoms with Crippen molar-refractivity contribution in [2.75, 3.05) is 7.11 Å². The Kier molecular flexibility index (Phi) is 3.24. The predicted molar refractivity (Wildman–Crippen MR) is 63.9 cm³/mol. The number of Topliss-reactive ketones (excluding diaryl/α,β-unsaturated/α-hetero) is 1. The second-order valence-corrected chi connectivity index (χ2v) is 4.65. The van der Waals surface area contributed by atoms with E-state index in [4.69, 9.17) is 4.74 Å². The maximum absolute atomic E-state index is 11.3. The summed E-state index contributed by atoms with van der Waals surface area (Å²) in [4.78, 5) is 20.1. The molecule has 92 valence electrons. The molecule has 1 aliphatic carbocycles. The number of carbonyl (C=O) groups is 1. The maximum Gasteiger partial charge on any atom is 0.163 e. The van der Waals surface area contributed by atoms with Crippen LogP contribution < -0.4 is 0 Å². The molecule has 1 aromatic rings. The molecule has 17 heavy (non-hydrogen) atoms. The van der Waals surface area contributed by atoms with Crippen LogP contribution in [0.4, 0.5) is 0 Å². The van der Waals surface area contributed by atoms with Gasteiger partial charge in [-0.15, -0.1) is 0 Å². The monoisotopic (exact) mass is 234 g/mol. The number of aryl methyl sites for hydroxylation is 1. The number of ether oxygens (including phenoxy) is 1. The van der Waals surface area contributed by atoms with E-state index >= 15 is 0 Å². The number of hydrogen-bond acceptors (Lipinski definition) is 4. The number of methoxy groups -OCH3 is 1. The van der Waals surface area contributed by atoms with Crippen LogP contribution in [0.1, 0.15) is 54.5 Å². The Labute approximate surface area is 101 Å². The average Bonchev–Trinajstić information content (AvgIpc) is 2.78. The highest BCUT2D eigenvalue weighted by Crippen LogP contribution is 2.39. The molecule has 0 N–H and O–H groups in total. The lowest BCUT2D eigenvalue weighted by Crippen LogP contribution is -2.28. The van der Waals surface area contributed by atoms with Crippen LogP contribution in [0, 0.1) is 6.92 Å². The highest BCUT2D eigenvalue weighted by molar-refractivity contribution is 5.94. The van der Waals surface area contributed by atoms with E-state index in [2.05, 4.69) is 9.97 Å². The minimum atomic E-state index is -0.333. The first-order chi connectivity index (χ1) is 8.09. The summed E-state index contributed by atoms with van der Waals surface area (Å²) >= 11 is 0. The Bertz CT molecular complexity index is 437. The molecular formula is C13H18N2O2. The molecule has 0 saturated heterocycles. The van der Waals surface area contributed by atoms with Crippen LogP contribution >= 0.6 is 0 Å². The fraction of sp³-hybridized carbons (Fsp3) is 0.615. The van der Waals surface area contributed by atoms with Crippen molar-refractivity contribution in [2.45, 2.75) is 45.1 Å². The van der Waals surface area contributed by atoms with Gasteiger partial charge in [0.1, 0.15) is 5.60 Å². The zero-order valence-electron chi connectivity index (χ0n) is 10.6. The molecule has 0 atom stereocenters. The number of hydrogen-bond donors (Lipinski definition) is 0. The van der Waals surface area contributed by atoms with Gasteiger partial charge in [0.25, 0.3) is 0 Å². The van der Waals surface area contributed by atoms with Gasteiger partial charge in [-0.2, -0.15) is 0 Å². The molecule has 4 nitrogen and oxygen atoms in total. The van der Waals surface area contributed by atoms with Crippen LogP contribution in [-0.4, -0.2) is 22.9 Å². The van der Waals surface area contributed by atoms with Crippen LogP contribution in [0.25, 0.3) is 0 Å². The SMILES string of the molecule is COC1(c2ncc(C(C)=O)c(C)n2)CCCC1. The van der Waals surface area contributed by atoms with Crippen molar-refractivity contribution < 1.29 is 9.53 Å². The topological polar surface area (TPSA) is 52.1 Å². The van der Waals surface area contributed by atoms with Gasteiger partial charge in [0.05, 0.1) is 11.3 Å². The van der Waals surface area contributed by atoms with E-state index in [0.717, 1.165) is 37.2 Å². The van der Waals surface area contributed by atoms with Gasteiger partial charge in [0, 0.05) is 13.3 Å². The molecule has 0 spiro atoms. The number of nitrogens with zero attached hydrogens (tertiary/aromatic N) is 2. The van der Waals surface area contributed by atoms with Gasteiger partial charge in [-0.25, -0.2) is 9.97 Å². The molecule has 1 aliphatic rings. The number of carbonyl (C=O) groups excluding carboxylic acids is 1. The van der Waals surface area contributed by atoms with E-state index in [1.807, 2.05) is 6.92 Å². The van der Waals surface area contributed by atoms with Crippen molar-refractivity contribution in [2.24, 2.45) is 0 Å². The Balaban J connectivity index is 2.40. The molecule has 2 rings (SSSR count). The molecule has 0 amide bonds. The van der Waals surface area contributed by atoms with E-state index in [-0.39, 0.29) is 11.4 Å². The summed E-state index contributed by atoms with van der Waals surface area (Å²) in [6, 6.07) is 0. The van der Waals surface area contributed by atoms with Crippen molar-refractivity contribution in [1.29, 1.82) is 0 Å². The number of ketones is 1. The molecule has 0 aliphatic heterocycles. The van der Waals surface area contributed by atoms with Crippen molar-refractivity contribution in [1.82, 2.24) is 9.97 Å². The van der Waals surface area contributed by atoms with E-state index in [1.54, 1.807) is 13.3 Å². The van der Waals surface area contributed by atoms with Gasteiger partial charge in [-0.1, -0.05) is 0 Å². The van der Waals surface area contributed by atoms with Gasteiger partial charge < -0.3 is 4.74 Å². The molecule has 0 radical (unpaired) electrons. The van der Waals surface area contributed by atoms with E-state index in [0.29, 0.717) is 5.56 Å². The lowest BCUT2D eigenvalue weighted by Gasteiger charge is -2.25. The first kappa shape index (κ1) is 12.2. The van der Waals surface area contributed by atoms with Crippen LogP contribution in [0.5, 0.6) is 0 Å². The third kappa shape index (κ3) is 2.09. The largest absolute Gasteiger partial charge is 0.370 e. The third-order valence-corrected chi connectivity index (χ3v) is 3.57. The van der Waals surface area contributed by atoms with E-state index in [1.165, 1.54) is 6.92 Å². The van der Waals surface area contributed by atoms with Crippen molar-refractivity contribution in [3.05, 3.63) is 23.3 Å². The lowest BCUT2D eigenvalue weighted by molar-refractivity contribution is -0.0164. The standard InChI is InChI=1S/C13H18N2O2/c1-9-11(10(2)16)8-14-12(15-9)13(17-3)6-4-5-7-13/h8H,4-7H2,1-3H3. The average molecular weight is 234 g/mol. The molecule has 0 aromatic carbocycles. The fourth-order valence-corrected chi connectivity index (χ4v) is 2.50. The van der Waals surface area contributed by atoms with Crippen molar-refractivity contribution >= 4 is 5.78 Å². The van der Waals surface area contributed by atoms with Gasteiger partial charge in [0.15, 0.2) is 11.6 Å². The molecule has 4 heteroatoms. The minimum absolute atomic E-state index is 0.00642. The normalized spacial score (nSPS) is 18.3. The van der Waals surface area contributed by atoms with Gasteiger partial charge in [-0.3, -0.25) is 4.79 Å². The van der Waals surface area contributed by atoms with Crippen molar-refractivity contribution in [3.8, 4) is 0 Å². The predicted octanol–water partition coefficient (Wildman–Crippen LogP) is 2.40. The zero-order valence-corrected chi connectivity index (χ0v) is 10.6.